The van der Waals surface area contributed by atoms with Gasteiger partial charge in [0, 0.05) is 18.2 Å². The van der Waals surface area contributed by atoms with Crippen LogP contribution in [0.1, 0.15) is 24.5 Å². The molecule has 0 spiro atoms. The Hall–Kier alpha value is -3.03. The van der Waals surface area contributed by atoms with Gasteiger partial charge in [-0.1, -0.05) is 13.0 Å². The number of H-pyrrole nitrogens is 1. The van der Waals surface area contributed by atoms with E-state index in [2.05, 4.69) is 63.0 Å². The Labute approximate surface area is 175 Å². The molecule has 0 atom stereocenters. The fourth-order valence-electron chi connectivity index (χ4n) is 3.92. The van der Waals surface area contributed by atoms with Crippen molar-refractivity contribution in [2.75, 3.05) is 26.4 Å². The maximum absolute atomic E-state index is 5.99. The third-order valence-corrected chi connectivity index (χ3v) is 5.61. The maximum atomic E-state index is 5.99. The molecule has 0 radical (unpaired) electrons. The van der Waals surface area contributed by atoms with Crippen LogP contribution in [0.4, 0.5) is 0 Å². The van der Waals surface area contributed by atoms with Crippen molar-refractivity contribution in [3.63, 3.8) is 0 Å². The molecule has 0 aliphatic carbocycles. The molecule has 1 saturated heterocycles. The zero-order valence-corrected chi connectivity index (χ0v) is 17.0. The van der Waals surface area contributed by atoms with Crippen molar-refractivity contribution in [1.82, 2.24) is 15.5 Å². The first kappa shape index (κ1) is 19.0. The summed E-state index contributed by atoms with van der Waals surface area (Å²) < 4.78 is 11.4. The molecule has 5 rings (SSSR count). The van der Waals surface area contributed by atoms with Gasteiger partial charge in [-0.05, 0) is 54.1 Å². The third kappa shape index (κ3) is 3.86. The number of fused-ring (bicyclic) bond motifs is 1. The van der Waals surface area contributed by atoms with E-state index in [0.717, 1.165) is 53.0 Å². The van der Waals surface area contributed by atoms with Crippen molar-refractivity contribution < 1.29 is 9.47 Å². The Morgan fingerprint density at radius 1 is 1.13 bits per heavy atom. The summed E-state index contributed by atoms with van der Waals surface area (Å²) in [5, 5.41) is 20.5. The molecular weight excluding hydrogens is 378 g/mol. The van der Waals surface area contributed by atoms with Gasteiger partial charge in [0.15, 0.2) is 0 Å². The van der Waals surface area contributed by atoms with E-state index >= 15 is 0 Å². The number of nitrogens with one attached hydrogen (secondary N) is 2. The fraction of sp³-hybridized carbons (Fsp3) is 0.348. The molecule has 7 heteroatoms. The molecule has 0 unspecified atom stereocenters. The lowest BCUT2D eigenvalue weighted by Gasteiger charge is -2.41. The number of benzene rings is 2. The first-order chi connectivity index (χ1) is 14.7. The lowest BCUT2D eigenvalue weighted by Crippen LogP contribution is -2.63. The number of nitrogens with zero attached hydrogens (tertiary/aromatic N) is 3. The van der Waals surface area contributed by atoms with Gasteiger partial charge in [-0.3, -0.25) is 5.10 Å². The number of aromatic amines is 1. The van der Waals surface area contributed by atoms with Gasteiger partial charge in [-0.25, -0.2) is 0 Å². The molecule has 2 aliphatic rings. The summed E-state index contributed by atoms with van der Waals surface area (Å²) in [5.74, 6) is 0.857. The molecule has 3 heterocycles. The van der Waals surface area contributed by atoms with Crippen LogP contribution in [0, 0.1) is 0 Å². The molecule has 2 N–H and O–H groups in total. The highest BCUT2D eigenvalue weighted by Crippen LogP contribution is 2.22. The molecule has 0 amide bonds. The molecule has 7 nitrogen and oxygen atoms in total. The second kappa shape index (κ2) is 8.01. The number of aromatic nitrogens is 2. The van der Waals surface area contributed by atoms with Gasteiger partial charge in [-0.15, -0.1) is 0 Å². The Morgan fingerprint density at radius 3 is 2.77 bits per heavy atom. The van der Waals surface area contributed by atoms with Gasteiger partial charge in [0.1, 0.15) is 12.4 Å². The summed E-state index contributed by atoms with van der Waals surface area (Å²) in [7, 11) is 0. The summed E-state index contributed by atoms with van der Waals surface area (Å²) in [6.45, 7) is 5.01. The van der Waals surface area contributed by atoms with Gasteiger partial charge in [0.2, 0.25) is 0 Å². The number of likely N-dealkylation sites (N-methyl/N-ethyl adjacent to an activating group) is 1. The topological polar surface area (TPSA) is 83.9 Å². The van der Waals surface area contributed by atoms with Crippen molar-refractivity contribution in [2.24, 2.45) is 10.2 Å². The average Bonchev–Trinajstić information content (AvgIpc) is 3.39. The molecule has 0 saturated carbocycles. The number of rotatable bonds is 8. The summed E-state index contributed by atoms with van der Waals surface area (Å²) in [5.41, 5.74) is 5.37. The van der Waals surface area contributed by atoms with Crippen molar-refractivity contribution in [3.8, 4) is 5.75 Å². The van der Waals surface area contributed by atoms with Crippen LogP contribution >= 0.6 is 0 Å². The van der Waals surface area contributed by atoms with E-state index in [0.29, 0.717) is 19.8 Å². The van der Waals surface area contributed by atoms with Gasteiger partial charge < -0.3 is 14.8 Å². The molecule has 1 aromatic heterocycles. The van der Waals surface area contributed by atoms with Crippen molar-refractivity contribution in [3.05, 3.63) is 59.8 Å². The quantitative estimate of drug-likeness (QED) is 0.605. The molecule has 2 aromatic carbocycles. The van der Waals surface area contributed by atoms with E-state index in [1.165, 1.54) is 5.56 Å². The van der Waals surface area contributed by atoms with Crippen LogP contribution in [0.5, 0.6) is 5.75 Å². The van der Waals surface area contributed by atoms with Crippen LogP contribution < -0.4 is 10.1 Å². The Balaban J connectivity index is 1.17. The van der Waals surface area contributed by atoms with Crippen molar-refractivity contribution >= 4 is 22.3 Å². The summed E-state index contributed by atoms with van der Waals surface area (Å²) in [4.78, 5) is 0. The minimum absolute atomic E-state index is 0.0504. The molecule has 0 bridgehead atoms. The summed E-state index contributed by atoms with van der Waals surface area (Å²) in [6.07, 6.45) is 3.41. The van der Waals surface area contributed by atoms with Gasteiger partial charge in [-0.2, -0.15) is 15.3 Å². The SMILES string of the molecule is CCNC1(COc2ccc(C3=NN=C(Cc4ccc5[nH]ncc5c4)C3)cc2)COC1. The smallest absolute Gasteiger partial charge is 0.119 e. The van der Waals surface area contributed by atoms with Crippen molar-refractivity contribution in [1.29, 1.82) is 0 Å². The second-order valence-electron chi connectivity index (χ2n) is 7.97. The average molecular weight is 403 g/mol. The highest BCUT2D eigenvalue weighted by molar-refractivity contribution is 6.15. The van der Waals surface area contributed by atoms with Gasteiger partial charge >= 0.3 is 0 Å². The number of hydrogen-bond donors (Lipinski definition) is 2. The van der Waals surface area contributed by atoms with E-state index in [1.807, 2.05) is 18.3 Å². The number of hydrogen-bond acceptors (Lipinski definition) is 6. The van der Waals surface area contributed by atoms with E-state index in [1.54, 1.807) is 0 Å². The predicted octanol–water partition coefficient (Wildman–Crippen LogP) is 3.11. The van der Waals surface area contributed by atoms with E-state index in [9.17, 15) is 0 Å². The van der Waals surface area contributed by atoms with Crippen LogP contribution in [0.15, 0.2) is 58.9 Å². The lowest BCUT2D eigenvalue weighted by atomic mass is 9.99. The van der Waals surface area contributed by atoms with Gasteiger partial charge in [0.25, 0.3) is 0 Å². The van der Waals surface area contributed by atoms with E-state index in [-0.39, 0.29) is 5.54 Å². The molecule has 154 valence electrons. The van der Waals surface area contributed by atoms with Crippen LogP contribution in [-0.2, 0) is 11.2 Å². The standard InChI is InChI=1S/C23H25N5O2/c1-2-24-23(13-29-14-23)15-30-20-6-4-17(5-7-20)22-11-19(26-28-22)10-16-3-8-21-18(9-16)12-25-27-21/h3-9,12,24H,2,10-11,13-15H2,1H3,(H,25,27). The normalized spacial score (nSPS) is 17.5. The van der Waals surface area contributed by atoms with Crippen LogP contribution in [0.25, 0.3) is 10.9 Å². The Kier molecular flexibility index (Phi) is 5.06. The zero-order chi connectivity index (χ0) is 20.4. The molecule has 1 fully saturated rings. The summed E-state index contributed by atoms with van der Waals surface area (Å²) >= 11 is 0. The number of ether oxygens (including phenoxy) is 2. The maximum Gasteiger partial charge on any atom is 0.119 e. The minimum atomic E-state index is -0.0504. The van der Waals surface area contributed by atoms with Crippen LogP contribution in [0.3, 0.4) is 0 Å². The third-order valence-electron chi connectivity index (χ3n) is 5.61. The van der Waals surface area contributed by atoms with Crippen LogP contribution in [-0.4, -0.2) is 53.5 Å². The highest BCUT2D eigenvalue weighted by Gasteiger charge is 2.38. The lowest BCUT2D eigenvalue weighted by molar-refractivity contribution is -0.0918. The molecular formula is C23H25N5O2. The Bertz CT molecular complexity index is 1100. The molecule has 30 heavy (non-hydrogen) atoms. The monoisotopic (exact) mass is 403 g/mol. The molecule has 3 aromatic rings. The second-order valence-corrected chi connectivity index (χ2v) is 7.97. The van der Waals surface area contributed by atoms with E-state index in [4.69, 9.17) is 9.47 Å². The highest BCUT2D eigenvalue weighted by atomic mass is 16.5. The van der Waals surface area contributed by atoms with Crippen molar-refractivity contribution in [2.45, 2.75) is 25.3 Å². The predicted molar refractivity (Wildman–Crippen MR) is 118 cm³/mol. The minimum Gasteiger partial charge on any atom is -0.491 e. The van der Waals surface area contributed by atoms with E-state index < -0.39 is 0 Å². The van der Waals surface area contributed by atoms with Crippen LogP contribution in [0.2, 0.25) is 0 Å². The first-order valence-electron chi connectivity index (χ1n) is 10.3. The summed E-state index contributed by atoms with van der Waals surface area (Å²) in [6, 6.07) is 14.4. The molecule has 2 aliphatic heterocycles. The zero-order valence-electron chi connectivity index (χ0n) is 17.0. The van der Waals surface area contributed by atoms with Gasteiger partial charge in [0.05, 0.1) is 41.9 Å². The largest absolute Gasteiger partial charge is 0.491 e. The fourth-order valence-corrected chi connectivity index (χ4v) is 3.92. The Morgan fingerprint density at radius 2 is 2.00 bits per heavy atom. The first-order valence-corrected chi connectivity index (χ1v) is 10.3.